The van der Waals surface area contributed by atoms with Crippen molar-refractivity contribution in [3.8, 4) is 0 Å². The van der Waals surface area contributed by atoms with Crippen LogP contribution in [0.15, 0.2) is 42.7 Å². The van der Waals surface area contributed by atoms with Gasteiger partial charge < -0.3 is 5.73 Å². The van der Waals surface area contributed by atoms with Gasteiger partial charge >= 0.3 is 0 Å². The second kappa shape index (κ2) is 6.90. The van der Waals surface area contributed by atoms with Gasteiger partial charge in [-0.05, 0) is 36.8 Å². The number of hydrogen-bond donors (Lipinski definition) is 1. The van der Waals surface area contributed by atoms with E-state index in [1.54, 1.807) is 0 Å². The van der Waals surface area contributed by atoms with E-state index in [0.29, 0.717) is 0 Å². The van der Waals surface area contributed by atoms with Crippen molar-refractivity contribution in [3.63, 3.8) is 0 Å². The molecule has 0 aliphatic rings. The maximum Gasteiger partial charge on any atom is 0.0521 e. The summed E-state index contributed by atoms with van der Waals surface area (Å²) in [4.78, 5) is 0. The van der Waals surface area contributed by atoms with Gasteiger partial charge in [0.05, 0.1) is 6.20 Å². The number of nitrogens with zero attached hydrogens (tertiary/aromatic N) is 2. The SMILES string of the molecule is CCC(CC)(c1ccccc1)C(N)CCc1cnn(C)c1. The van der Waals surface area contributed by atoms with Crippen molar-refractivity contribution >= 4 is 0 Å². The largest absolute Gasteiger partial charge is 0.327 e. The fraction of sp³-hybridized carbons (Fsp3) is 0.500. The topological polar surface area (TPSA) is 43.8 Å². The van der Waals surface area contributed by atoms with Crippen LogP contribution in [0.2, 0.25) is 0 Å². The molecule has 1 atom stereocenters. The third kappa shape index (κ3) is 3.35. The molecule has 0 fully saturated rings. The summed E-state index contributed by atoms with van der Waals surface area (Å²) in [5.41, 5.74) is 9.34. The van der Waals surface area contributed by atoms with Crippen LogP contribution in [0.1, 0.15) is 44.2 Å². The molecule has 114 valence electrons. The highest BCUT2D eigenvalue weighted by Gasteiger charge is 2.34. The molecule has 0 bridgehead atoms. The zero-order valence-corrected chi connectivity index (χ0v) is 13.4. The van der Waals surface area contributed by atoms with Crippen LogP contribution < -0.4 is 5.73 Å². The smallest absolute Gasteiger partial charge is 0.0521 e. The zero-order valence-electron chi connectivity index (χ0n) is 13.4. The van der Waals surface area contributed by atoms with Crippen LogP contribution in [0.25, 0.3) is 0 Å². The number of nitrogens with two attached hydrogens (primary N) is 1. The van der Waals surface area contributed by atoms with Gasteiger partial charge in [0.1, 0.15) is 0 Å². The Balaban J connectivity index is 2.14. The Hall–Kier alpha value is -1.61. The summed E-state index contributed by atoms with van der Waals surface area (Å²) in [5.74, 6) is 0. The first-order valence-electron chi connectivity index (χ1n) is 7.91. The third-order valence-electron chi connectivity index (χ3n) is 4.82. The number of hydrogen-bond acceptors (Lipinski definition) is 2. The molecule has 0 spiro atoms. The van der Waals surface area contributed by atoms with Crippen molar-refractivity contribution in [1.29, 1.82) is 0 Å². The van der Waals surface area contributed by atoms with E-state index < -0.39 is 0 Å². The summed E-state index contributed by atoms with van der Waals surface area (Å²) < 4.78 is 1.85. The molecule has 2 N–H and O–H groups in total. The number of aromatic nitrogens is 2. The minimum atomic E-state index is 0.0729. The quantitative estimate of drug-likeness (QED) is 0.847. The Morgan fingerprint density at radius 2 is 1.86 bits per heavy atom. The fourth-order valence-electron chi connectivity index (χ4n) is 3.37. The number of aryl methyl sites for hydroxylation is 2. The van der Waals surface area contributed by atoms with E-state index in [1.807, 2.05) is 17.9 Å². The number of rotatable bonds is 7. The molecule has 0 radical (unpaired) electrons. The van der Waals surface area contributed by atoms with Crippen LogP contribution in [-0.2, 0) is 18.9 Å². The Morgan fingerprint density at radius 1 is 1.19 bits per heavy atom. The Morgan fingerprint density at radius 3 is 2.38 bits per heavy atom. The Labute approximate surface area is 128 Å². The number of benzene rings is 1. The second-order valence-electron chi connectivity index (χ2n) is 5.90. The molecule has 0 saturated carbocycles. The lowest BCUT2D eigenvalue weighted by atomic mass is 9.69. The normalized spacial score (nSPS) is 13.3. The molecule has 0 aliphatic heterocycles. The molecule has 3 nitrogen and oxygen atoms in total. The van der Waals surface area contributed by atoms with Crippen LogP contribution in [0.5, 0.6) is 0 Å². The van der Waals surface area contributed by atoms with Gasteiger partial charge in [0.2, 0.25) is 0 Å². The van der Waals surface area contributed by atoms with Crippen molar-refractivity contribution < 1.29 is 0 Å². The summed E-state index contributed by atoms with van der Waals surface area (Å²) in [7, 11) is 1.95. The molecular weight excluding hydrogens is 258 g/mol. The first kappa shape index (κ1) is 15.8. The van der Waals surface area contributed by atoms with Crippen LogP contribution in [-0.4, -0.2) is 15.8 Å². The van der Waals surface area contributed by atoms with E-state index in [2.05, 4.69) is 55.5 Å². The molecule has 2 aromatic rings. The van der Waals surface area contributed by atoms with Gasteiger partial charge in [-0.15, -0.1) is 0 Å². The molecule has 1 heterocycles. The molecule has 1 unspecified atom stereocenters. The summed E-state index contributed by atoms with van der Waals surface area (Å²) in [6.07, 6.45) is 8.14. The summed E-state index contributed by atoms with van der Waals surface area (Å²) in [6, 6.07) is 10.9. The maximum atomic E-state index is 6.63. The van der Waals surface area contributed by atoms with E-state index in [0.717, 1.165) is 25.7 Å². The van der Waals surface area contributed by atoms with Crippen molar-refractivity contribution in [1.82, 2.24) is 9.78 Å². The van der Waals surface area contributed by atoms with Crippen molar-refractivity contribution in [2.24, 2.45) is 12.8 Å². The van der Waals surface area contributed by atoms with Gasteiger partial charge in [0.15, 0.2) is 0 Å². The van der Waals surface area contributed by atoms with Gasteiger partial charge in [-0.3, -0.25) is 4.68 Å². The predicted octanol–water partition coefficient (Wildman–Crippen LogP) is 3.44. The van der Waals surface area contributed by atoms with Crippen LogP contribution >= 0.6 is 0 Å². The van der Waals surface area contributed by atoms with Crippen molar-refractivity contribution in [2.45, 2.75) is 51.0 Å². The summed E-state index contributed by atoms with van der Waals surface area (Å²) in [5, 5.41) is 4.23. The summed E-state index contributed by atoms with van der Waals surface area (Å²) in [6.45, 7) is 4.50. The van der Waals surface area contributed by atoms with Gasteiger partial charge in [0, 0.05) is 24.7 Å². The highest BCUT2D eigenvalue weighted by Crippen LogP contribution is 2.35. The van der Waals surface area contributed by atoms with E-state index in [1.165, 1.54) is 11.1 Å². The average Bonchev–Trinajstić information content (AvgIpc) is 2.94. The molecule has 1 aromatic heterocycles. The molecule has 0 saturated heterocycles. The lowest BCUT2D eigenvalue weighted by Crippen LogP contribution is -2.45. The van der Waals surface area contributed by atoms with Gasteiger partial charge in [-0.1, -0.05) is 44.2 Å². The minimum absolute atomic E-state index is 0.0729. The van der Waals surface area contributed by atoms with E-state index in [9.17, 15) is 0 Å². The fourth-order valence-corrected chi connectivity index (χ4v) is 3.37. The second-order valence-corrected chi connectivity index (χ2v) is 5.90. The van der Waals surface area contributed by atoms with Gasteiger partial charge in [0.25, 0.3) is 0 Å². The molecule has 3 heteroatoms. The van der Waals surface area contributed by atoms with E-state index >= 15 is 0 Å². The minimum Gasteiger partial charge on any atom is -0.327 e. The maximum absolute atomic E-state index is 6.63. The summed E-state index contributed by atoms with van der Waals surface area (Å²) >= 11 is 0. The first-order valence-corrected chi connectivity index (χ1v) is 7.91. The van der Waals surface area contributed by atoms with Crippen molar-refractivity contribution in [2.75, 3.05) is 0 Å². The molecule has 1 aromatic carbocycles. The average molecular weight is 285 g/mol. The van der Waals surface area contributed by atoms with E-state index in [-0.39, 0.29) is 11.5 Å². The monoisotopic (exact) mass is 285 g/mol. The third-order valence-corrected chi connectivity index (χ3v) is 4.82. The Kier molecular flexibility index (Phi) is 5.18. The molecule has 2 rings (SSSR count). The highest BCUT2D eigenvalue weighted by atomic mass is 15.2. The van der Waals surface area contributed by atoms with Gasteiger partial charge in [-0.2, -0.15) is 5.10 Å². The van der Waals surface area contributed by atoms with Crippen LogP contribution in [0, 0.1) is 0 Å². The Bertz CT molecular complexity index is 541. The lowest BCUT2D eigenvalue weighted by molar-refractivity contribution is 0.304. The predicted molar refractivity (Wildman–Crippen MR) is 88.2 cm³/mol. The standard InChI is InChI=1S/C18H27N3/c1-4-18(5-2,16-9-7-6-8-10-16)17(19)12-11-15-13-20-21(3)14-15/h6-10,13-14,17H,4-5,11-12,19H2,1-3H3. The zero-order chi connectivity index (χ0) is 15.3. The van der Waals surface area contributed by atoms with Gasteiger partial charge in [-0.25, -0.2) is 0 Å². The highest BCUT2D eigenvalue weighted by molar-refractivity contribution is 5.27. The molecule has 0 amide bonds. The van der Waals surface area contributed by atoms with Crippen LogP contribution in [0.3, 0.4) is 0 Å². The molecular formula is C18H27N3. The van der Waals surface area contributed by atoms with Crippen molar-refractivity contribution in [3.05, 3.63) is 53.9 Å². The van der Waals surface area contributed by atoms with Crippen LogP contribution in [0.4, 0.5) is 0 Å². The lowest BCUT2D eigenvalue weighted by Gasteiger charge is -2.38. The molecule has 0 aliphatic carbocycles. The first-order chi connectivity index (χ1) is 10.1. The molecule has 21 heavy (non-hydrogen) atoms. The van der Waals surface area contributed by atoms with E-state index in [4.69, 9.17) is 5.73 Å².